The molecule has 0 radical (unpaired) electrons. The molecule has 3 aromatic rings. The minimum Gasteiger partial charge on any atom is -0.399 e. The number of aromatic nitrogens is 1. The molecule has 7 heteroatoms. The predicted molar refractivity (Wildman–Crippen MR) is 113 cm³/mol. The van der Waals surface area contributed by atoms with Crippen LogP contribution in [0.5, 0.6) is 0 Å². The Labute approximate surface area is 166 Å². The van der Waals surface area contributed by atoms with E-state index < -0.39 is 0 Å². The van der Waals surface area contributed by atoms with Gasteiger partial charge in [0.15, 0.2) is 5.13 Å². The Morgan fingerprint density at radius 1 is 1.15 bits per heavy atom. The highest BCUT2D eigenvalue weighted by Crippen LogP contribution is 2.28. The van der Waals surface area contributed by atoms with Crippen LogP contribution in [-0.4, -0.2) is 28.3 Å². The maximum Gasteiger partial charge on any atom is 0.257 e. The van der Waals surface area contributed by atoms with E-state index in [4.69, 9.17) is 5.73 Å². The Hall–Kier alpha value is -2.35. The summed E-state index contributed by atoms with van der Waals surface area (Å²) in [5.41, 5.74) is 8.89. The van der Waals surface area contributed by atoms with Gasteiger partial charge in [0.05, 0.1) is 5.69 Å². The van der Waals surface area contributed by atoms with Crippen LogP contribution in [0.25, 0.3) is 11.3 Å². The van der Waals surface area contributed by atoms with Gasteiger partial charge in [-0.1, -0.05) is 12.1 Å². The number of nitrogens with zero attached hydrogens (tertiary/aromatic N) is 2. The zero-order chi connectivity index (χ0) is 18.6. The lowest BCUT2D eigenvalue weighted by atomic mass is 10.1. The first kappa shape index (κ1) is 18.0. The van der Waals surface area contributed by atoms with E-state index in [1.54, 1.807) is 11.9 Å². The van der Waals surface area contributed by atoms with Gasteiger partial charge in [0.2, 0.25) is 0 Å². The zero-order valence-corrected chi connectivity index (χ0v) is 16.4. The Balaban J connectivity index is 1.40. The third-order valence-corrected chi connectivity index (χ3v) is 6.19. The summed E-state index contributed by atoms with van der Waals surface area (Å²) in [5, 5.41) is 5.37. The van der Waals surface area contributed by atoms with Gasteiger partial charge in [-0.05, 0) is 61.2 Å². The molecule has 0 bridgehead atoms. The number of carbonyl (C=O) groups is 1. The van der Waals surface area contributed by atoms with Crippen LogP contribution in [-0.2, 0) is 0 Å². The zero-order valence-electron chi connectivity index (χ0n) is 14.7. The van der Waals surface area contributed by atoms with E-state index >= 15 is 0 Å². The van der Waals surface area contributed by atoms with Gasteiger partial charge >= 0.3 is 0 Å². The van der Waals surface area contributed by atoms with Gasteiger partial charge in [0.1, 0.15) is 0 Å². The summed E-state index contributed by atoms with van der Waals surface area (Å²) in [6.07, 6.45) is 2.53. The van der Waals surface area contributed by atoms with Crippen molar-refractivity contribution in [2.75, 3.05) is 24.1 Å². The van der Waals surface area contributed by atoms with Crippen molar-refractivity contribution in [3.63, 3.8) is 0 Å². The molecule has 1 aromatic heterocycles. The molecule has 1 saturated heterocycles. The Bertz CT molecular complexity index is 933. The van der Waals surface area contributed by atoms with E-state index in [2.05, 4.69) is 14.6 Å². The average Bonchev–Trinajstić information content (AvgIpc) is 3.34. The van der Waals surface area contributed by atoms with Crippen LogP contribution in [0.4, 0.5) is 10.8 Å². The normalized spacial score (nSPS) is 14.4. The highest BCUT2D eigenvalue weighted by Gasteiger charge is 2.14. The number of benzene rings is 2. The lowest BCUT2D eigenvalue weighted by Crippen LogP contribution is -2.12. The highest BCUT2D eigenvalue weighted by molar-refractivity contribution is 7.97. The summed E-state index contributed by atoms with van der Waals surface area (Å²) in [6, 6.07) is 15.3. The van der Waals surface area contributed by atoms with Crippen molar-refractivity contribution in [1.82, 2.24) is 9.29 Å². The van der Waals surface area contributed by atoms with Gasteiger partial charge in [-0.3, -0.25) is 10.1 Å². The third kappa shape index (κ3) is 4.50. The fraction of sp³-hybridized carbons (Fsp3) is 0.200. The molecular formula is C20H20N4OS2. The standard InChI is InChI=1S/C20H20N4OS2/c21-16-5-3-4-15(12-16)18-13-26-20(22-18)23-19(25)14-6-8-17(9-7-14)27-24-10-1-2-11-24/h3-9,12-13H,1-2,10-11,21H2,(H,22,23,25). The van der Waals surface area contributed by atoms with Crippen molar-refractivity contribution in [2.45, 2.75) is 17.7 Å². The molecule has 0 unspecified atom stereocenters. The first-order chi connectivity index (χ1) is 13.2. The van der Waals surface area contributed by atoms with Crippen LogP contribution in [0.15, 0.2) is 58.8 Å². The second-order valence-corrected chi connectivity index (χ2v) is 8.40. The quantitative estimate of drug-likeness (QED) is 0.481. The molecule has 27 heavy (non-hydrogen) atoms. The SMILES string of the molecule is Nc1cccc(-c2csc(NC(=O)c3ccc(SN4CCCC4)cc3)n2)c1. The van der Waals surface area contributed by atoms with Gasteiger partial charge in [-0.15, -0.1) is 11.3 Å². The van der Waals surface area contributed by atoms with Crippen molar-refractivity contribution < 1.29 is 4.79 Å². The average molecular weight is 397 g/mol. The molecule has 1 aliphatic heterocycles. The second-order valence-electron chi connectivity index (χ2n) is 6.37. The van der Waals surface area contributed by atoms with Crippen LogP contribution in [0.2, 0.25) is 0 Å². The number of anilines is 2. The first-order valence-corrected chi connectivity index (χ1v) is 10.5. The maximum absolute atomic E-state index is 12.5. The van der Waals surface area contributed by atoms with Crippen LogP contribution in [0.3, 0.4) is 0 Å². The molecule has 5 nitrogen and oxygen atoms in total. The van der Waals surface area contributed by atoms with Gasteiger partial charge < -0.3 is 5.73 Å². The monoisotopic (exact) mass is 396 g/mol. The van der Waals surface area contributed by atoms with Gasteiger partial charge in [-0.25, -0.2) is 9.29 Å². The molecule has 0 spiro atoms. The summed E-state index contributed by atoms with van der Waals surface area (Å²) in [4.78, 5) is 18.1. The fourth-order valence-electron chi connectivity index (χ4n) is 2.93. The van der Waals surface area contributed by atoms with Gasteiger partial charge in [0, 0.05) is 40.2 Å². The molecule has 4 rings (SSSR count). The summed E-state index contributed by atoms with van der Waals surface area (Å²) in [6.45, 7) is 2.26. The number of hydrogen-bond acceptors (Lipinski definition) is 6. The molecule has 3 N–H and O–H groups in total. The van der Waals surface area contributed by atoms with Crippen molar-refractivity contribution >= 4 is 40.0 Å². The number of amides is 1. The minimum atomic E-state index is -0.152. The molecule has 2 heterocycles. The van der Waals surface area contributed by atoms with E-state index in [0.29, 0.717) is 16.4 Å². The number of nitrogens with one attached hydrogen (secondary N) is 1. The molecule has 2 aromatic carbocycles. The topological polar surface area (TPSA) is 71.2 Å². The largest absolute Gasteiger partial charge is 0.399 e. The molecule has 1 amide bonds. The van der Waals surface area contributed by atoms with Crippen molar-refractivity contribution in [2.24, 2.45) is 0 Å². The Kier molecular flexibility index (Phi) is 5.42. The second kappa shape index (κ2) is 8.12. The lowest BCUT2D eigenvalue weighted by molar-refractivity contribution is 0.102. The Morgan fingerprint density at radius 3 is 2.67 bits per heavy atom. The molecule has 0 saturated carbocycles. The van der Waals surface area contributed by atoms with Crippen molar-refractivity contribution in [1.29, 1.82) is 0 Å². The number of nitrogen functional groups attached to an aromatic ring is 1. The number of nitrogens with two attached hydrogens (primary N) is 1. The summed E-state index contributed by atoms with van der Waals surface area (Å²) in [5.74, 6) is -0.152. The number of carbonyl (C=O) groups excluding carboxylic acids is 1. The summed E-state index contributed by atoms with van der Waals surface area (Å²) >= 11 is 3.16. The van der Waals surface area contributed by atoms with E-state index in [1.165, 1.54) is 24.2 Å². The van der Waals surface area contributed by atoms with Gasteiger partial charge in [0.25, 0.3) is 5.91 Å². The molecule has 1 fully saturated rings. The third-order valence-electron chi connectivity index (χ3n) is 4.32. The minimum absolute atomic E-state index is 0.152. The van der Waals surface area contributed by atoms with E-state index in [9.17, 15) is 4.79 Å². The van der Waals surface area contributed by atoms with Crippen molar-refractivity contribution in [3.8, 4) is 11.3 Å². The predicted octanol–water partition coefficient (Wildman–Crippen LogP) is 4.75. The molecule has 138 valence electrons. The highest BCUT2D eigenvalue weighted by atomic mass is 32.2. The number of rotatable bonds is 5. The molecule has 0 atom stereocenters. The molecule has 0 aliphatic carbocycles. The van der Waals surface area contributed by atoms with E-state index in [1.807, 2.05) is 53.9 Å². The molecule has 1 aliphatic rings. The smallest absolute Gasteiger partial charge is 0.257 e. The van der Waals surface area contributed by atoms with Crippen LogP contribution < -0.4 is 11.1 Å². The van der Waals surface area contributed by atoms with E-state index in [-0.39, 0.29) is 5.91 Å². The number of hydrogen-bond donors (Lipinski definition) is 2. The Morgan fingerprint density at radius 2 is 1.93 bits per heavy atom. The fourth-order valence-corrected chi connectivity index (χ4v) is 4.64. The summed E-state index contributed by atoms with van der Waals surface area (Å²) < 4.78 is 2.36. The maximum atomic E-state index is 12.5. The first-order valence-electron chi connectivity index (χ1n) is 8.83. The number of thiazole rings is 1. The van der Waals surface area contributed by atoms with E-state index in [0.717, 1.165) is 29.2 Å². The van der Waals surface area contributed by atoms with Crippen LogP contribution >= 0.6 is 23.3 Å². The van der Waals surface area contributed by atoms with Crippen LogP contribution in [0.1, 0.15) is 23.2 Å². The summed E-state index contributed by atoms with van der Waals surface area (Å²) in [7, 11) is 0. The van der Waals surface area contributed by atoms with Crippen molar-refractivity contribution in [3.05, 3.63) is 59.5 Å². The van der Waals surface area contributed by atoms with Crippen LogP contribution in [0, 0.1) is 0 Å². The van der Waals surface area contributed by atoms with Gasteiger partial charge in [-0.2, -0.15) is 0 Å². The molecular weight excluding hydrogens is 376 g/mol. The lowest BCUT2D eigenvalue weighted by Gasteiger charge is -2.13.